The molecule has 1 saturated heterocycles. The first-order valence-corrected chi connectivity index (χ1v) is 7.66. The fourth-order valence-electron chi connectivity index (χ4n) is 3.22. The summed E-state index contributed by atoms with van der Waals surface area (Å²) < 4.78 is 5.43. The number of hydrogen-bond acceptors (Lipinski definition) is 1. The predicted molar refractivity (Wildman–Crippen MR) is 67.4 cm³/mol. The molecule has 1 unspecified atom stereocenters. The molecule has 2 fully saturated rings. The van der Waals surface area contributed by atoms with E-state index in [1.54, 1.807) is 0 Å². The number of rotatable bonds is 4. The van der Waals surface area contributed by atoms with Crippen molar-refractivity contribution >= 4 is 15.9 Å². The zero-order valence-electron chi connectivity index (χ0n) is 9.59. The van der Waals surface area contributed by atoms with Crippen LogP contribution in [0.2, 0.25) is 0 Å². The Bertz CT molecular complexity index is 171. The summed E-state index contributed by atoms with van der Waals surface area (Å²) in [7, 11) is 0. The molecule has 15 heavy (non-hydrogen) atoms. The van der Waals surface area contributed by atoms with Gasteiger partial charge in [0.25, 0.3) is 0 Å². The molecule has 0 aromatic heterocycles. The van der Waals surface area contributed by atoms with Crippen molar-refractivity contribution in [1.82, 2.24) is 0 Å². The van der Waals surface area contributed by atoms with E-state index in [0.29, 0.717) is 0 Å². The fraction of sp³-hybridized carbons (Fsp3) is 1.00. The molecule has 1 atom stereocenters. The lowest BCUT2D eigenvalue weighted by molar-refractivity contribution is 0.0565. The van der Waals surface area contributed by atoms with Gasteiger partial charge in [0, 0.05) is 18.5 Å². The van der Waals surface area contributed by atoms with Crippen LogP contribution >= 0.6 is 15.9 Å². The summed E-state index contributed by atoms with van der Waals surface area (Å²) in [5, 5.41) is 1.22. The average molecular weight is 275 g/mol. The van der Waals surface area contributed by atoms with Gasteiger partial charge in [0.05, 0.1) is 0 Å². The van der Waals surface area contributed by atoms with Crippen molar-refractivity contribution in [3.05, 3.63) is 0 Å². The first kappa shape index (κ1) is 11.9. The molecule has 0 radical (unpaired) electrons. The van der Waals surface area contributed by atoms with E-state index in [1.165, 1.54) is 50.3 Å². The number of alkyl halides is 1. The van der Waals surface area contributed by atoms with E-state index in [0.717, 1.165) is 31.0 Å². The Morgan fingerprint density at radius 1 is 1.07 bits per heavy atom. The van der Waals surface area contributed by atoms with Crippen molar-refractivity contribution in [1.29, 1.82) is 0 Å². The summed E-state index contributed by atoms with van der Waals surface area (Å²) in [5.74, 6) is 2.91. The maximum Gasteiger partial charge on any atom is 0.0468 e. The van der Waals surface area contributed by atoms with Crippen molar-refractivity contribution in [3.8, 4) is 0 Å². The monoisotopic (exact) mass is 274 g/mol. The molecule has 2 heteroatoms. The van der Waals surface area contributed by atoms with Crippen LogP contribution in [0.5, 0.6) is 0 Å². The quantitative estimate of drug-likeness (QED) is 0.704. The molecule has 88 valence electrons. The summed E-state index contributed by atoms with van der Waals surface area (Å²) in [6.07, 6.45) is 9.97. The number of hydrogen-bond donors (Lipinski definition) is 0. The van der Waals surface area contributed by atoms with Crippen LogP contribution in [0.4, 0.5) is 0 Å². The topological polar surface area (TPSA) is 9.23 Å². The Morgan fingerprint density at radius 2 is 1.73 bits per heavy atom. The van der Waals surface area contributed by atoms with Crippen LogP contribution in [-0.2, 0) is 4.74 Å². The molecule has 1 saturated carbocycles. The smallest absolute Gasteiger partial charge is 0.0468 e. The standard InChI is InChI=1S/C13H23BrO/c14-10-13(12-3-1-2-4-12)9-11-5-7-15-8-6-11/h11-13H,1-10H2. The van der Waals surface area contributed by atoms with Crippen molar-refractivity contribution < 1.29 is 4.74 Å². The Balaban J connectivity index is 1.78. The summed E-state index contributed by atoms with van der Waals surface area (Å²) in [6, 6.07) is 0. The van der Waals surface area contributed by atoms with Gasteiger partial charge in [-0.25, -0.2) is 0 Å². The maximum atomic E-state index is 5.43. The molecule has 1 aliphatic carbocycles. The highest BCUT2D eigenvalue weighted by Gasteiger charge is 2.27. The third kappa shape index (κ3) is 3.45. The third-order valence-corrected chi connectivity index (χ3v) is 5.07. The Hall–Kier alpha value is 0.440. The van der Waals surface area contributed by atoms with Crippen LogP contribution in [0.1, 0.15) is 44.9 Å². The first-order chi connectivity index (χ1) is 7.40. The molecule has 0 aromatic rings. The lowest BCUT2D eigenvalue weighted by atomic mass is 9.82. The largest absolute Gasteiger partial charge is 0.381 e. The van der Waals surface area contributed by atoms with Crippen molar-refractivity contribution in [3.63, 3.8) is 0 Å². The molecule has 1 heterocycles. The maximum absolute atomic E-state index is 5.43. The lowest BCUT2D eigenvalue weighted by Gasteiger charge is -2.29. The summed E-state index contributed by atoms with van der Waals surface area (Å²) in [4.78, 5) is 0. The van der Waals surface area contributed by atoms with E-state index in [4.69, 9.17) is 4.74 Å². The fourth-order valence-corrected chi connectivity index (χ4v) is 4.01. The molecular formula is C13H23BrO. The van der Waals surface area contributed by atoms with Gasteiger partial charge in [-0.2, -0.15) is 0 Å². The van der Waals surface area contributed by atoms with Gasteiger partial charge in [-0.1, -0.05) is 41.6 Å². The Kier molecular flexibility index (Phi) is 4.96. The zero-order valence-corrected chi connectivity index (χ0v) is 11.2. The molecule has 2 rings (SSSR count). The van der Waals surface area contributed by atoms with E-state index in [-0.39, 0.29) is 0 Å². The highest BCUT2D eigenvalue weighted by Crippen LogP contribution is 2.37. The highest BCUT2D eigenvalue weighted by molar-refractivity contribution is 9.09. The minimum absolute atomic E-state index is 0.940. The van der Waals surface area contributed by atoms with Crippen LogP contribution in [0.3, 0.4) is 0 Å². The molecule has 0 N–H and O–H groups in total. The van der Waals surface area contributed by atoms with Crippen LogP contribution in [-0.4, -0.2) is 18.5 Å². The van der Waals surface area contributed by atoms with Crippen molar-refractivity contribution in [2.45, 2.75) is 44.9 Å². The number of ether oxygens (including phenoxy) is 1. The van der Waals surface area contributed by atoms with Gasteiger partial charge in [-0.3, -0.25) is 0 Å². The van der Waals surface area contributed by atoms with E-state index in [9.17, 15) is 0 Å². The van der Waals surface area contributed by atoms with Gasteiger partial charge < -0.3 is 4.74 Å². The summed E-state index contributed by atoms with van der Waals surface area (Å²) in [6.45, 7) is 2.01. The van der Waals surface area contributed by atoms with Crippen LogP contribution in [0, 0.1) is 17.8 Å². The molecule has 0 aromatic carbocycles. The van der Waals surface area contributed by atoms with E-state index < -0.39 is 0 Å². The zero-order chi connectivity index (χ0) is 10.5. The molecular weight excluding hydrogens is 252 g/mol. The minimum atomic E-state index is 0.940. The molecule has 2 aliphatic rings. The molecule has 0 spiro atoms. The second kappa shape index (κ2) is 6.24. The van der Waals surface area contributed by atoms with Crippen LogP contribution in [0.25, 0.3) is 0 Å². The molecule has 1 aliphatic heterocycles. The van der Waals surface area contributed by atoms with Gasteiger partial charge in [-0.15, -0.1) is 0 Å². The molecule has 0 amide bonds. The van der Waals surface area contributed by atoms with E-state index >= 15 is 0 Å². The van der Waals surface area contributed by atoms with E-state index in [2.05, 4.69) is 15.9 Å². The van der Waals surface area contributed by atoms with Crippen LogP contribution in [0.15, 0.2) is 0 Å². The van der Waals surface area contributed by atoms with Gasteiger partial charge in [0.1, 0.15) is 0 Å². The van der Waals surface area contributed by atoms with Crippen molar-refractivity contribution in [2.24, 2.45) is 17.8 Å². The molecule has 0 bridgehead atoms. The highest BCUT2D eigenvalue weighted by atomic mass is 79.9. The average Bonchev–Trinajstić information content (AvgIpc) is 2.81. The number of halogens is 1. The van der Waals surface area contributed by atoms with Gasteiger partial charge in [0.2, 0.25) is 0 Å². The predicted octanol–water partition coefficient (Wildman–Crippen LogP) is 4.00. The van der Waals surface area contributed by atoms with Crippen LogP contribution < -0.4 is 0 Å². The van der Waals surface area contributed by atoms with Crippen molar-refractivity contribution in [2.75, 3.05) is 18.5 Å². The van der Waals surface area contributed by atoms with E-state index in [1.807, 2.05) is 0 Å². The van der Waals surface area contributed by atoms with Gasteiger partial charge in [0.15, 0.2) is 0 Å². The second-order valence-electron chi connectivity index (χ2n) is 5.25. The Labute approximate surface area is 102 Å². The normalized spacial score (nSPS) is 27.0. The lowest BCUT2D eigenvalue weighted by Crippen LogP contribution is -2.22. The third-order valence-electron chi connectivity index (χ3n) is 4.24. The Morgan fingerprint density at radius 3 is 2.33 bits per heavy atom. The van der Waals surface area contributed by atoms with Gasteiger partial charge >= 0.3 is 0 Å². The summed E-state index contributed by atoms with van der Waals surface area (Å²) in [5.41, 5.74) is 0. The minimum Gasteiger partial charge on any atom is -0.381 e. The second-order valence-corrected chi connectivity index (χ2v) is 5.90. The first-order valence-electron chi connectivity index (χ1n) is 6.54. The summed E-state index contributed by atoms with van der Waals surface area (Å²) >= 11 is 3.72. The van der Waals surface area contributed by atoms with Gasteiger partial charge in [-0.05, 0) is 37.0 Å². The SMILES string of the molecule is BrCC(CC1CCOCC1)C1CCCC1. The molecule has 1 nitrogen and oxygen atoms in total.